The summed E-state index contributed by atoms with van der Waals surface area (Å²) in [5, 5.41) is 0. The van der Waals surface area contributed by atoms with E-state index < -0.39 is 5.60 Å². The van der Waals surface area contributed by atoms with Gasteiger partial charge in [-0.15, -0.1) is 6.42 Å². The smallest absolute Gasteiger partial charge is 0.410 e. The predicted molar refractivity (Wildman–Crippen MR) is 76.0 cm³/mol. The Balaban J connectivity index is 2.17. The summed E-state index contributed by atoms with van der Waals surface area (Å²) in [5.74, 6) is 2.60. The Labute approximate surface area is 119 Å². The molecule has 5 heteroatoms. The number of hydrogen-bond acceptors (Lipinski definition) is 3. The molecule has 1 amide bonds. The van der Waals surface area contributed by atoms with Crippen molar-refractivity contribution in [1.82, 2.24) is 14.5 Å². The van der Waals surface area contributed by atoms with Gasteiger partial charge in [-0.05, 0) is 33.6 Å². The molecule has 0 spiro atoms. The van der Waals surface area contributed by atoms with E-state index in [4.69, 9.17) is 11.2 Å². The summed E-state index contributed by atoms with van der Waals surface area (Å²) in [6, 6.07) is 0.000648. The molecule has 1 aromatic heterocycles. The maximum Gasteiger partial charge on any atom is 0.410 e. The first-order chi connectivity index (χ1) is 9.42. The zero-order chi connectivity index (χ0) is 14.8. The van der Waals surface area contributed by atoms with E-state index in [1.807, 2.05) is 25.3 Å². The number of aromatic nitrogens is 2. The summed E-state index contributed by atoms with van der Waals surface area (Å²) in [6.45, 7) is 6.80. The first kappa shape index (κ1) is 14.4. The standard InChI is InChI=1S/C15H21N3O2/c1-5-8-17-11-16-10-13(17)12-7-6-9-18(12)14(19)20-15(2,3)4/h1,10-12H,6-9H2,2-4H3/t12-/m0/s1. The van der Waals surface area contributed by atoms with E-state index in [2.05, 4.69) is 10.9 Å². The molecule has 1 aliphatic heterocycles. The number of carbonyl (C=O) groups excluding carboxylic acids is 1. The van der Waals surface area contributed by atoms with E-state index in [1.54, 1.807) is 17.4 Å². The molecule has 0 aromatic carbocycles. The molecule has 0 aliphatic carbocycles. The number of terminal acetylenes is 1. The van der Waals surface area contributed by atoms with Gasteiger partial charge in [0.2, 0.25) is 0 Å². The Kier molecular flexibility index (Phi) is 4.03. The van der Waals surface area contributed by atoms with Gasteiger partial charge in [0.1, 0.15) is 5.60 Å². The fourth-order valence-corrected chi connectivity index (χ4v) is 2.45. The third-order valence-electron chi connectivity index (χ3n) is 3.23. The zero-order valence-electron chi connectivity index (χ0n) is 12.3. The molecular weight excluding hydrogens is 254 g/mol. The maximum absolute atomic E-state index is 12.3. The number of amides is 1. The van der Waals surface area contributed by atoms with Crippen molar-refractivity contribution in [3.8, 4) is 12.3 Å². The number of carbonyl (C=O) groups is 1. The van der Waals surface area contributed by atoms with Crippen LogP contribution >= 0.6 is 0 Å². The van der Waals surface area contributed by atoms with Gasteiger partial charge >= 0.3 is 6.09 Å². The van der Waals surface area contributed by atoms with E-state index in [0.29, 0.717) is 13.1 Å². The van der Waals surface area contributed by atoms with Crippen LogP contribution in [0.5, 0.6) is 0 Å². The minimum absolute atomic E-state index is 0.000648. The van der Waals surface area contributed by atoms with Crippen LogP contribution in [0.1, 0.15) is 45.3 Å². The lowest BCUT2D eigenvalue weighted by atomic mass is 10.1. The number of imidazole rings is 1. The molecule has 2 rings (SSSR count). The van der Waals surface area contributed by atoms with Gasteiger partial charge in [-0.25, -0.2) is 9.78 Å². The van der Waals surface area contributed by atoms with Crippen LogP contribution in [-0.4, -0.2) is 32.7 Å². The quantitative estimate of drug-likeness (QED) is 0.779. The number of nitrogens with zero attached hydrogens (tertiary/aromatic N) is 3. The highest BCUT2D eigenvalue weighted by Gasteiger charge is 2.34. The molecule has 1 aliphatic rings. The summed E-state index contributed by atoms with van der Waals surface area (Å²) >= 11 is 0. The number of ether oxygens (including phenoxy) is 1. The lowest BCUT2D eigenvalue weighted by Gasteiger charge is -2.28. The van der Waals surface area contributed by atoms with E-state index in [1.165, 1.54) is 0 Å². The van der Waals surface area contributed by atoms with Crippen molar-refractivity contribution in [3.63, 3.8) is 0 Å². The van der Waals surface area contributed by atoms with Crippen LogP contribution in [0.25, 0.3) is 0 Å². The molecule has 108 valence electrons. The molecule has 2 heterocycles. The molecule has 1 atom stereocenters. The monoisotopic (exact) mass is 275 g/mol. The van der Waals surface area contributed by atoms with Gasteiger partial charge in [-0.2, -0.15) is 0 Å². The van der Waals surface area contributed by atoms with E-state index >= 15 is 0 Å². The average molecular weight is 275 g/mol. The second-order valence-corrected chi connectivity index (χ2v) is 5.98. The SMILES string of the molecule is C#CCn1cncc1[C@@H]1CCCN1C(=O)OC(C)(C)C. The van der Waals surface area contributed by atoms with Crippen LogP contribution in [0.2, 0.25) is 0 Å². The van der Waals surface area contributed by atoms with Crippen molar-refractivity contribution in [2.24, 2.45) is 0 Å². The van der Waals surface area contributed by atoms with Crippen LogP contribution in [-0.2, 0) is 11.3 Å². The van der Waals surface area contributed by atoms with E-state index in [9.17, 15) is 4.79 Å². The van der Waals surface area contributed by atoms with Gasteiger partial charge in [0, 0.05) is 6.54 Å². The maximum atomic E-state index is 12.3. The summed E-state index contributed by atoms with van der Waals surface area (Å²) in [7, 11) is 0. The van der Waals surface area contributed by atoms with Crippen molar-refractivity contribution >= 4 is 6.09 Å². The molecule has 1 aromatic rings. The molecule has 0 bridgehead atoms. The predicted octanol–water partition coefficient (Wildman–Crippen LogP) is 2.59. The van der Waals surface area contributed by atoms with Crippen molar-refractivity contribution < 1.29 is 9.53 Å². The second-order valence-electron chi connectivity index (χ2n) is 5.98. The largest absolute Gasteiger partial charge is 0.444 e. The first-order valence-electron chi connectivity index (χ1n) is 6.85. The minimum Gasteiger partial charge on any atom is -0.444 e. The van der Waals surface area contributed by atoms with E-state index in [0.717, 1.165) is 18.5 Å². The van der Waals surface area contributed by atoms with Crippen molar-refractivity contribution in [2.75, 3.05) is 6.54 Å². The second kappa shape index (κ2) is 5.58. The van der Waals surface area contributed by atoms with Crippen LogP contribution in [0.4, 0.5) is 4.79 Å². The molecule has 0 N–H and O–H groups in total. The fraction of sp³-hybridized carbons (Fsp3) is 0.600. The normalized spacial score (nSPS) is 18.9. The fourth-order valence-electron chi connectivity index (χ4n) is 2.45. The Morgan fingerprint density at radius 1 is 1.60 bits per heavy atom. The van der Waals surface area contributed by atoms with Crippen LogP contribution in [0.15, 0.2) is 12.5 Å². The molecule has 0 radical (unpaired) electrons. The lowest BCUT2D eigenvalue weighted by Crippen LogP contribution is -2.36. The van der Waals surface area contributed by atoms with Crippen LogP contribution in [0, 0.1) is 12.3 Å². The molecule has 0 unspecified atom stereocenters. The third-order valence-corrected chi connectivity index (χ3v) is 3.23. The van der Waals surface area contributed by atoms with Gasteiger partial charge in [-0.1, -0.05) is 5.92 Å². The van der Waals surface area contributed by atoms with Gasteiger partial charge in [-0.3, -0.25) is 4.90 Å². The molecular formula is C15H21N3O2. The topological polar surface area (TPSA) is 47.4 Å². The Morgan fingerprint density at radius 3 is 3.00 bits per heavy atom. The highest BCUT2D eigenvalue weighted by atomic mass is 16.6. The highest BCUT2D eigenvalue weighted by Crippen LogP contribution is 2.32. The average Bonchev–Trinajstić information content (AvgIpc) is 2.93. The molecule has 1 fully saturated rings. The number of likely N-dealkylation sites (tertiary alicyclic amines) is 1. The van der Waals surface area contributed by atoms with Gasteiger partial charge in [0.05, 0.1) is 30.8 Å². The lowest BCUT2D eigenvalue weighted by molar-refractivity contribution is 0.0219. The Morgan fingerprint density at radius 2 is 2.35 bits per heavy atom. The highest BCUT2D eigenvalue weighted by molar-refractivity contribution is 5.69. The third kappa shape index (κ3) is 3.13. The molecule has 0 saturated carbocycles. The van der Waals surface area contributed by atoms with Crippen LogP contribution < -0.4 is 0 Å². The summed E-state index contributed by atoms with van der Waals surface area (Å²) in [6.07, 6.45) is 10.5. The zero-order valence-corrected chi connectivity index (χ0v) is 12.3. The van der Waals surface area contributed by atoms with Gasteiger partial charge < -0.3 is 9.30 Å². The Hall–Kier alpha value is -1.96. The van der Waals surface area contributed by atoms with Crippen LogP contribution in [0.3, 0.4) is 0 Å². The summed E-state index contributed by atoms with van der Waals surface area (Å²) < 4.78 is 7.38. The summed E-state index contributed by atoms with van der Waals surface area (Å²) in [5.41, 5.74) is 0.495. The molecule has 20 heavy (non-hydrogen) atoms. The van der Waals surface area contributed by atoms with Crippen molar-refractivity contribution in [3.05, 3.63) is 18.2 Å². The first-order valence-corrected chi connectivity index (χ1v) is 6.85. The number of hydrogen-bond donors (Lipinski definition) is 0. The number of rotatable bonds is 2. The molecule has 1 saturated heterocycles. The summed E-state index contributed by atoms with van der Waals surface area (Å²) in [4.78, 5) is 18.2. The molecule has 5 nitrogen and oxygen atoms in total. The van der Waals surface area contributed by atoms with Gasteiger partial charge in [0.15, 0.2) is 0 Å². The van der Waals surface area contributed by atoms with Crippen molar-refractivity contribution in [2.45, 2.75) is 51.8 Å². The van der Waals surface area contributed by atoms with Gasteiger partial charge in [0.25, 0.3) is 0 Å². The van der Waals surface area contributed by atoms with Crippen molar-refractivity contribution in [1.29, 1.82) is 0 Å². The minimum atomic E-state index is -0.483. The Bertz CT molecular complexity index is 522. The van der Waals surface area contributed by atoms with E-state index in [-0.39, 0.29) is 12.1 Å².